The average Bonchev–Trinajstić information content (AvgIpc) is 2.70. The molecule has 1 saturated heterocycles. The number of thiocarbonyl (C=S) groups is 1. The van der Waals surface area contributed by atoms with Crippen LogP contribution in [-0.4, -0.2) is 53.5 Å². The zero-order chi connectivity index (χ0) is 19.9. The second-order valence-electron chi connectivity index (χ2n) is 6.76. The third-order valence-corrected chi connectivity index (χ3v) is 5.15. The minimum atomic E-state index is -0.319. The minimum Gasteiger partial charge on any atom is -0.346 e. The molecular formula is C21H25FN4OS. The van der Waals surface area contributed by atoms with Crippen molar-refractivity contribution in [2.24, 2.45) is 0 Å². The lowest BCUT2D eigenvalue weighted by atomic mass is 10.1. The summed E-state index contributed by atoms with van der Waals surface area (Å²) in [5, 5.41) is 6.87. The standard InChI is InChI=1S/C21H25FN4OS/c1-2-16-5-3-4-6-19(16)24-21(28)26-13-11-25(12-14-26)15-20(27)23-18-9-7-17(22)8-10-18/h3-10H,2,11-15H2,1H3,(H,23,27)(H,24,28). The van der Waals surface area contributed by atoms with Gasteiger partial charge in [0.2, 0.25) is 5.91 Å². The number of benzene rings is 2. The van der Waals surface area contributed by atoms with Crippen LogP contribution in [0.4, 0.5) is 15.8 Å². The van der Waals surface area contributed by atoms with Crippen LogP contribution in [0.1, 0.15) is 12.5 Å². The van der Waals surface area contributed by atoms with E-state index >= 15 is 0 Å². The molecule has 7 heteroatoms. The van der Waals surface area contributed by atoms with Gasteiger partial charge in [-0.2, -0.15) is 0 Å². The number of rotatable bonds is 5. The van der Waals surface area contributed by atoms with Crippen LogP contribution in [0.5, 0.6) is 0 Å². The molecule has 1 aliphatic rings. The number of nitrogens with zero attached hydrogens (tertiary/aromatic N) is 2. The van der Waals surface area contributed by atoms with Crippen molar-refractivity contribution in [1.82, 2.24) is 9.80 Å². The molecule has 1 aliphatic heterocycles. The Bertz CT molecular complexity index is 819. The highest BCUT2D eigenvalue weighted by Crippen LogP contribution is 2.17. The summed E-state index contributed by atoms with van der Waals surface area (Å²) in [6.07, 6.45) is 0.947. The smallest absolute Gasteiger partial charge is 0.238 e. The van der Waals surface area contributed by atoms with E-state index in [-0.39, 0.29) is 11.7 Å². The van der Waals surface area contributed by atoms with Crippen LogP contribution in [0, 0.1) is 5.82 Å². The summed E-state index contributed by atoms with van der Waals surface area (Å²) >= 11 is 5.57. The van der Waals surface area contributed by atoms with Gasteiger partial charge in [0.15, 0.2) is 5.11 Å². The van der Waals surface area contributed by atoms with Gasteiger partial charge in [-0.05, 0) is 54.5 Å². The van der Waals surface area contributed by atoms with Crippen LogP contribution in [0.3, 0.4) is 0 Å². The third kappa shape index (κ3) is 5.50. The molecule has 3 rings (SSSR count). The van der Waals surface area contributed by atoms with Crippen molar-refractivity contribution in [2.45, 2.75) is 13.3 Å². The summed E-state index contributed by atoms with van der Waals surface area (Å²) in [6.45, 7) is 5.49. The van der Waals surface area contributed by atoms with Crippen molar-refractivity contribution >= 4 is 34.6 Å². The summed E-state index contributed by atoms with van der Waals surface area (Å²) in [4.78, 5) is 16.4. The van der Waals surface area contributed by atoms with E-state index in [0.717, 1.165) is 43.4 Å². The molecule has 2 aromatic carbocycles. The first-order chi connectivity index (χ1) is 13.5. The van der Waals surface area contributed by atoms with E-state index in [1.54, 1.807) is 12.1 Å². The Morgan fingerprint density at radius 3 is 2.39 bits per heavy atom. The molecule has 0 radical (unpaired) electrons. The number of carbonyl (C=O) groups is 1. The van der Waals surface area contributed by atoms with E-state index in [4.69, 9.17) is 12.2 Å². The van der Waals surface area contributed by atoms with Crippen molar-refractivity contribution in [3.05, 3.63) is 59.9 Å². The zero-order valence-corrected chi connectivity index (χ0v) is 16.8. The number of aryl methyl sites for hydroxylation is 1. The molecule has 1 amide bonds. The Balaban J connectivity index is 1.45. The monoisotopic (exact) mass is 400 g/mol. The van der Waals surface area contributed by atoms with Gasteiger partial charge in [0, 0.05) is 37.6 Å². The Hall–Kier alpha value is -2.51. The lowest BCUT2D eigenvalue weighted by Crippen LogP contribution is -2.51. The first-order valence-electron chi connectivity index (χ1n) is 9.46. The maximum Gasteiger partial charge on any atom is 0.238 e. The number of piperazine rings is 1. The lowest BCUT2D eigenvalue weighted by Gasteiger charge is -2.36. The predicted molar refractivity (Wildman–Crippen MR) is 115 cm³/mol. The average molecular weight is 401 g/mol. The number of hydrogen-bond donors (Lipinski definition) is 2. The van der Waals surface area contributed by atoms with E-state index in [1.807, 2.05) is 18.2 Å². The highest BCUT2D eigenvalue weighted by molar-refractivity contribution is 7.80. The van der Waals surface area contributed by atoms with Crippen molar-refractivity contribution in [2.75, 3.05) is 43.4 Å². The molecule has 0 spiro atoms. The largest absolute Gasteiger partial charge is 0.346 e. The summed E-state index contributed by atoms with van der Waals surface area (Å²) in [5.74, 6) is -0.419. The molecule has 5 nitrogen and oxygen atoms in total. The van der Waals surface area contributed by atoms with Gasteiger partial charge in [-0.1, -0.05) is 25.1 Å². The van der Waals surface area contributed by atoms with Crippen LogP contribution < -0.4 is 10.6 Å². The highest BCUT2D eigenvalue weighted by atomic mass is 32.1. The van der Waals surface area contributed by atoms with Gasteiger partial charge < -0.3 is 15.5 Å². The fourth-order valence-electron chi connectivity index (χ4n) is 3.19. The molecule has 0 bridgehead atoms. The fourth-order valence-corrected chi connectivity index (χ4v) is 3.48. The first kappa shape index (κ1) is 20.2. The van der Waals surface area contributed by atoms with Gasteiger partial charge in [0.1, 0.15) is 5.82 Å². The Morgan fingerprint density at radius 1 is 1.04 bits per heavy atom. The molecule has 2 aromatic rings. The Morgan fingerprint density at radius 2 is 1.71 bits per heavy atom. The van der Waals surface area contributed by atoms with E-state index in [2.05, 4.69) is 33.4 Å². The maximum atomic E-state index is 12.9. The van der Waals surface area contributed by atoms with Crippen LogP contribution in [0.15, 0.2) is 48.5 Å². The molecule has 0 aliphatic carbocycles. The number of halogens is 1. The topological polar surface area (TPSA) is 47.6 Å². The zero-order valence-electron chi connectivity index (χ0n) is 16.0. The molecule has 0 saturated carbocycles. The quantitative estimate of drug-likeness (QED) is 0.754. The van der Waals surface area contributed by atoms with Gasteiger partial charge >= 0.3 is 0 Å². The molecule has 2 N–H and O–H groups in total. The van der Waals surface area contributed by atoms with Gasteiger partial charge in [-0.3, -0.25) is 9.69 Å². The third-order valence-electron chi connectivity index (χ3n) is 4.79. The lowest BCUT2D eigenvalue weighted by molar-refractivity contribution is -0.117. The van der Waals surface area contributed by atoms with Gasteiger partial charge in [-0.15, -0.1) is 0 Å². The molecule has 0 unspecified atom stereocenters. The summed E-state index contributed by atoms with van der Waals surface area (Å²) in [6, 6.07) is 14.0. The molecule has 0 aromatic heterocycles. The number of amides is 1. The van der Waals surface area contributed by atoms with Crippen molar-refractivity contribution < 1.29 is 9.18 Å². The van der Waals surface area contributed by atoms with Crippen LogP contribution >= 0.6 is 12.2 Å². The predicted octanol–water partition coefficient (Wildman–Crippen LogP) is 3.34. The summed E-state index contributed by atoms with van der Waals surface area (Å²) in [7, 11) is 0. The highest BCUT2D eigenvalue weighted by Gasteiger charge is 2.21. The molecular weight excluding hydrogens is 375 g/mol. The number of nitrogens with one attached hydrogen (secondary N) is 2. The molecule has 0 atom stereocenters. The maximum absolute atomic E-state index is 12.9. The normalized spacial score (nSPS) is 14.6. The number of para-hydroxylation sites is 1. The van der Waals surface area contributed by atoms with Crippen LogP contribution in [0.25, 0.3) is 0 Å². The second-order valence-corrected chi connectivity index (χ2v) is 7.15. The molecule has 1 heterocycles. The number of carbonyl (C=O) groups excluding carboxylic acids is 1. The van der Waals surface area contributed by atoms with Gasteiger partial charge in [0.25, 0.3) is 0 Å². The SMILES string of the molecule is CCc1ccccc1NC(=S)N1CCN(CC(=O)Nc2ccc(F)cc2)CC1. The van der Waals surface area contributed by atoms with E-state index in [9.17, 15) is 9.18 Å². The van der Waals surface area contributed by atoms with E-state index in [1.165, 1.54) is 17.7 Å². The van der Waals surface area contributed by atoms with Crippen molar-refractivity contribution in [3.63, 3.8) is 0 Å². The molecule has 1 fully saturated rings. The molecule has 148 valence electrons. The van der Waals surface area contributed by atoms with Crippen LogP contribution in [-0.2, 0) is 11.2 Å². The van der Waals surface area contributed by atoms with E-state index in [0.29, 0.717) is 12.2 Å². The first-order valence-corrected chi connectivity index (χ1v) is 9.87. The Kier molecular flexibility index (Phi) is 6.95. The fraction of sp³-hybridized carbons (Fsp3) is 0.333. The van der Waals surface area contributed by atoms with E-state index < -0.39 is 0 Å². The molecule has 28 heavy (non-hydrogen) atoms. The number of anilines is 2. The Labute approximate surface area is 170 Å². The van der Waals surface area contributed by atoms with Crippen molar-refractivity contribution in [3.8, 4) is 0 Å². The summed E-state index contributed by atoms with van der Waals surface area (Å²) in [5.41, 5.74) is 2.89. The minimum absolute atomic E-state index is 0.0994. The second kappa shape index (κ2) is 9.61. The van der Waals surface area contributed by atoms with Gasteiger partial charge in [0.05, 0.1) is 6.54 Å². The van der Waals surface area contributed by atoms with Gasteiger partial charge in [-0.25, -0.2) is 4.39 Å². The van der Waals surface area contributed by atoms with Crippen LogP contribution in [0.2, 0.25) is 0 Å². The summed E-state index contributed by atoms with van der Waals surface area (Å²) < 4.78 is 12.9. The number of hydrogen-bond acceptors (Lipinski definition) is 3. The van der Waals surface area contributed by atoms with Crippen molar-refractivity contribution in [1.29, 1.82) is 0 Å².